The van der Waals surface area contributed by atoms with Gasteiger partial charge in [0.05, 0.1) is 5.60 Å². The van der Waals surface area contributed by atoms with Crippen LogP contribution in [0.1, 0.15) is 32.8 Å². The molecule has 0 bridgehead atoms. The summed E-state index contributed by atoms with van der Waals surface area (Å²) in [4.78, 5) is 17.7. The zero-order valence-electron chi connectivity index (χ0n) is 11.4. The predicted octanol–water partition coefficient (Wildman–Crippen LogP) is 1.63. The number of rotatable bonds is 6. The second-order valence-corrected chi connectivity index (χ2v) is 5.08. The van der Waals surface area contributed by atoms with Crippen LogP contribution in [0.15, 0.2) is 24.5 Å². The molecule has 0 aliphatic rings. The minimum atomic E-state index is -0.845. The van der Waals surface area contributed by atoms with E-state index < -0.39 is 5.60 Å². The van der Waals surface area contributed by atoms with E-state index >= 15 is 0 Å². The van der Waals surface area contributed by atoms with Crippen LogP contribution in [-0.4, -0.2) is 39.6 Å². The van der Waals surface area contributed by atoms with Gasteiger partial charge in [-0.25, -0.2) is 0 Å². The van der Waals surface area contributed by atoms with E-state index in [4.69, 9.17) is 0 Å². The molecule has 0 aliphatic carbocycles. The monoisotopic (exact) mass is 250 g/mol. The lowest BCUT2D eigenvalue weighted by atomic mass is 10.1. The molecule has 1 aromatic heterocycles. The van der Waals surface area contributed by atoms with Gasteiger partial charge in [0.2, 0.25) is 5.91 Å². The van der Waals surface area contributed by atoms with Crippen LogP contribution < -0.4 is 0 Å². The van der Waals surface area contributed by atoms with Crippen molar-refractivity contribution in [3.8, 4) is 0 Å². The average Bonchev–Trinajstić information content (AvgIpc) is 2.33. The Balaban J connectivity index is 2.48. The molecule has 1 heterocycles. The molecule has 0 unspecified atom stereocenters. The summed E-state index contributed by atoms with van der Waals surface area (Å²) >= 11 is 0. The molecular weight excluding hydrogens is 228 g/mol. The molecule has 0 saturated heterocycles. The van der Waals surface area contributed by atoms with Gasteiger partial charge in [-0.15, -0.1) is 0 Å². The van der Waals surface area contributed by atoms with E-state index in [0.717, 1.165) is 5.56 Å². The summed E-state index contributed by atoms with van der Waals surface area (Å²) in [5, 5.41) is 9.75. The van der Waals surface area contributed by atoms with Crippen LogP contribution in [0, 0.1) is 0 Å². The van der Waals surface area contributed by atoms with E-state index in [1.807, 2.05) is 19.1 Å². The molecule has 1 amide bonds. The second-order valence-electron chi connectivity index (χ2n) is 5.08. The number of aromatic nitrogens is 1. The van der Waals surface area contributed by atoms with Crippen molar-refractivity contribution in [3.05, 3.63) is 30.1 Å². The molecule has 1 rings (SSSR count). The van der Waals surface area contributed by atoms with Crippen molar-refractivity contribution in [2.75, 3.05) is 13.1 Å². The molecule has 0 aromatic carbocycles. The first kappa shape index (κ1) is 14.6. The van der Waals surface area contributed by atoms with Gasteiger partial charge in [0.1, 0.15) is 0 Å². The summed E-state index contributed by atoms with van der Waals surface area (Å²) in [6, 6.07) is 3.83. The highest BCUT2D eigenvalue weighted by atomic mass is 16.3. The highest BCUT2D eigenvalue weighted by Crippen LogP contribution is 2.08. The third kappa shape index (κ3) is 5.27. The van der Waals surface area contributed by atoms with Crippen LogP contribution in [0.4, 0.5) is 0 Å². The van der Waals surface area contributed by atoms with Crippen LogP contribution >= 0.6 is 0 Å². The molecule has 1 aromatic rings. The van der Waals surface area contributed by atoms with Gasteiger partial charge in [-0.2, -0.15) is 0 Å². The number of aryl methyl sites for hydroxylation is 1. The Bertz CT molecular complexity index is 371. The standard InChI is InChI=1S/C14H22N2O2/c1-4-16(11-14(2,3)18)13(17)6-5-12-7-9-15-10-8-12/h7-10,18H,4-6,11H2,1-3H3. The number of likely N-dealkylation sites (N-methyl/N-ethyl adjacent to an activating group) is 1. The lowest BCUT2D eigenvalue weighted by molar-refractivity contribution is -0.133. The zero-order chi connectivity index (χ0) is 13.6. The van der Waals surface area contributed by atoms with Crippen molar-refractivity contribution in [2.24, 2.45) is 0 Å². The highest BCUT2D eigenvalue weighted by Gasteiger charge is 2.20. The van der Waals surface area contributed by atoms with Gasteiger partial charge in [0, 0.05) is 31.9 Å². The van der Waals surface area contributed by atoms with Crippen molar-refractivity contribution in [1.29, 1.82) is 0 Å². The third-order valence-electron chi connectivity index (χ3n) is 2.69. The summed E-state index contributed by atoms with van der Waals surface area (Å²) in [7, 11) is 0. The molecule has 4 heteroatoms. The molecule has 18 heavy (non-hydrogen) atoms. The van der Waals surface area contributed by atoms with E-state index in [2.05, 4.69) is 4.98 Å². The van der Waals surface area contributed by atoms with Crippen molar-refractivity contribution >= 4 is 5.91 Å². The first-order valence-electron chi connectivity index (χ1n) is 6.31. The maximum atomic E-state index is 12.0. The van der Waals surface area contributed by atoms with Crippen LogP contribution in [0.3, 0.4) is 0 Å². The number of hydrogen-bond acceptors (Lipinski definition) is 3. The van der Waals surface area contributed by atoms with Crippen molar-refractivity contribution in [3.63, 3.8) is 0 Å². The summed E-state index contributed by atoms with van der Waals surface area (Å²) in [6.45, 7) is 6.35. The van der Waals surface area contributed by atoms with Crippen molar-refractivity contribution in [2.45, 2.75) is 39.2 Å². The fourth-order valence-electron chi connectivity index (χ4n) is 1.80. The Hall–Kier alpha value is -1.42. The summed E-state index contributed by atoms with van der Waals surface area (Å²) in [6.07, 6.45) is 4.64. The number of pyridine rings is 1. The molecule has 100 valence electrons. The molecule has 1 N–H and O–H groups in total. The van der Waals surface area contributed by atoms with Gasteiger partial charge in [0.15, 0.2) is 0 Å². The molecule has 0 fully saturated rings. The van der Waals surface area contributed by atoms with Crippen molar-refractivity contribution < 1.29 is 9.90 Å². The molecule has 4 nitrogen and oxygen atoms in total. The fraction of sp³-hybridized carbons (Fsp3) is 0.571. The van der Waals surface area contributed by atoms with Gasteiger partial charge in [-0.3, -0.25) is 9.78 Å². The van der Waals surface area contributed by atoms with E-state index in [1.165, 1.54) is 0 Å². The van der Waals surface area contributed by atoms with Gasteiger partial charge < -0.3 is 10.0 Å². The Kier molecular flexibility index (Phi) is 5.28. The highest BCUT2D eigenvalue weighted by molar-refractivity contribution is 5.76. The van der Waals surface area contributed by atoms with Gasteiger partial charge >= 0.3 is 0 Å². The first-order valence-corrected chi connectivity index (χ1v) is 6.31. The topological polar surface area (TPSA) is 53.4 Å². The van der Waals surface area contributed by atoms with Gasteiger partial charge in [-0.05, 0) is 44.9 Å². The number of carbonyl (C=O) groups excluding carboxylic acids is 1. The Morgan fingerprint density at radius 3 is 2.50 bits per heavy atom. The largest absolute Gasteiger partial charge is 0.389 e. The summed E-state index contributed by atoms with van der Waals surface area (Å²) in [5.41, 5.74) is 0.264. The summed E-state index contributed by atoms with van der Waals surface area (Å²) in [5.74, 6) is 0.0800. The molecule has 0 atom stereocenters. The van der Waals surface area contributed by atoms with Crippen LogP contribution in [0.2, 0.25) is 0 Å². The molecule has 0 aliphatic heterocycles. The average molecular weight is 250 g/mol. The molecular formula is C14H22N2O2. The minimum absolute atomic E-state index is 0.0800. The fourth-order valence-corrected chi connectivity index (χ4v) is 1.80. The third-order valence-corrected chi connectivity index (χ3v) is 2.69. The number of nitrogens with zero attached hydrogens (tertiary/aromatic N) is 2. The Morgan fingerprint density at radius 1 is 1.39 bits per heavy atom. The van der Waals surface area contributed by atoms with Crippen LogP contribution in [0.5, 0.6) is 0 Å². The second kappa shape index (κ2) is 6.50. The lowest BCUT2D eigenvalue weighted by Gasteiger charge is -2.28. The molecule has 0 radical (unpaired) electrons. The van der Waals surface area contributed by atoms with E-state index in [9.17, 15) is 9.90 Å². The predicted molar refractivity (Wildman–Crippen MR) is 71.1 cm³/mol. The Labute approximate surface area is 109 Å². The maximum Gasteiger partial charge on any atom is 0.222 e. The normalized spacial score (nSPS) is 11.3. The van der Waals surface area contributed by atoms with Crippen LogP contribution in [0.25, 0.3) is 0 Å². The zero-order valence-corrected chi connectivity index (χ0v) is 11.4. The van der Waals surface area contributed by atoms with Crippen LogP contribution in [-0.2, 0) is 11.2 Å². The summed E-state index contributed by atoms with van der Waals surface area (Å²) < 4.78 is 0. The van der Waals surface area contributed by atoms with E-state index in [0.29, 0.717) is 25.9 Å². The minimum Gasteiger partial charge on any atom is -0.389 e. The van der Waals surface area contributed by atoms with E-state index in [-0.39, 0.29) is 5.91 Å². The lowest BCUT2D eigenvalue weighted by Crippen LogP contribution is -2.42. The van der Waals surface area contributed by atoms with Crippen molar-refractivity contribution in [1.82, 2.24) is 9.88 Å². The Morgan fingerprint density at radius 2 is 2.00 bits per heavy atom. The first-order chi connectivity index (χ1) is 8.42. The number of hydrogen-bond donors (Lipinski definition) is 1. The van der Waals surface area contributed by atoms with E-state index in [1.54, 1.807) is 31.1 Å². The smallest absolute Gasteiger partial charge is 0.222 e. The molecule has 0 spiro atoms. The number of amides is 1. The number of aliphatic hydroxyl groups is 1. The quantitative estimate of drug-likeness (QED) is 0.835. The van der Waals surface area contributed by atoms with Gasteiger partial charge in [0.25, 0.3) is 0 Å². The maximum absolute atomic E-state index is 12.0. The SMILES string of the molecule is CCN(CC(C)(C)O)C(=O)CCc1ccncc1. The van der Waals surface area contributed by atoms with Gasteiger partial charge in [-0.1, -0.05) is 0 Å². The molecule has 0 saturated carbocycles. The number of carbonyl (C=O) groups is 1.